The molecule has 0 fully saturated rings. The smallest absolute Gasteiger partial charge is 0.160 e. The lowest BCUT2D eigenvalue weighted by atomic mass is 10.0. The number of rotatable bonds is 4. The summed E-state index contributed by atoms with van der Waals surface area (Å²) in [5.74, 6) is 0.700. The molecule has 274 valence electrons. The highest BCUT2D eigenvalue weighted by Crippen LogP contribution is 2.46. The number of aromatic nitrogens is 4. The quantitative estimate of drug-likeness (QED) is 0.180. The van der Waals surface area contributed by atoms with Gasteiger partial charge in [0.1, 0.15) is 11.2 Å². The van der Waals surface area contributed by atoms with E-state index in [4.69, 9.17) is 14.4 Å². The molecule has 0 saturated carbocycles. The summed E-state index contributed by atoms with van der Waals surface area (Å²) in [6.07, 6.45) is 0. The lowest BCUT2D eigenvalue weighted by Gasteiger charge is -2.14. The van der Waals surface area contributed by atoms with E-state index in [1.54, 1.807) is 0 Å². The Morgan fingerprint density at radius 3 is 1.93 bits per heavy atom. The molecule has 59 heavy (non-hydrogen) atoms. The Labute approximate surface area is 337 Å². The first-order valence-corrected chi connectivity index (χ1v) is 20.0. The summed E-state index contributed by atoms with van der Waals surface area (Å²) in [6.45, 7) is 0. The Hall–Kier alpha value is -8.02. The highest BCUT2D eigenvalue weighted by molar-refractivity contribution is 6.31. The molecule has 0 amide bonds. The van der Waals surface area contributed by atoms with Crippen LogP contribution in [0.2, 0.25) is 0 Å². The van der Waals surface area contributed by atoms with Crippen LogP contribution in [0.1, 0.15) is 0 Å². The normalized spacial score (nSPS) is 12.1. The number of benzene rings is 9. The molecule has 13 rings (SSSR count). The number of hydrogen-bond acceptors (Lipinski definition) is 3. The summed E-state index contributed by atoms with van der Waals surface area (Å²) in [4.78, 5) is 10.2. The highest BCUT2D eigenvalue weighted by Gasteiger charge is 2.24. The van der Waals surface area contributed by atoms with Crippen LogP contribution in [0.4, 0.5) is 0 Å². The van der Waals surface area contributed by atoms with Crippen LogP contribution in [-0.4, -0.2) is 19.1 Å². The zero-order chi connectivity index (χ0) is 38.6. The van der Waals surface area contributed by atoms with Gasteiger partial charge in [-0.2, -0.15) is 0 Å². The maximum Gasteiger partial charge on any atom is 0.160 e. The molecule has 13 aromatic rings. The molecule has 0 saturated heterocycles. The van der Waals surface area contributed by atoms with E-state index in [-0.39, 0.29) is 0 Å². The molecule has 0 spiro atoms. The van der Waals surface area contributed by atoms with Crippen molar-refractivity contribution in [3.8, 4) is 34.0 Å². The minimum absolute atomic E-state index is 0.700. The van der Waals surface area contributed by atoms with Crippen LogP contribution in [0.3, 0.4) is 0 Å². The number of para-hydroxylation sites is 3. The van der Waals surface area contributed by atoms with Crippen molar-refractivity contribution in [2.24, 2.45) is 0 Å². The Morgan fingerprint density at radius 1 is 0.373 bits per heavy atom. The molecule has 0 aliphatic rings. The highest BCUT2D eigenvalue weighted by atomic mass is 16.3. The summed E-state index contributed by atoms with van der Waals surface area (Å²) in [7, 11) is 0. The second-order valence-electron chi connectivity index (χ2n) is 15.3. The topological polar surface area (TPSA) is 48.8 Å². The second-order valence-corrected chi connectivity index (χ2v) is 15.3. The third-order valence-corrected chi connectivity index (χ3v) is 12.1. The first kappa shape index (κ1) is 32.1. The van der Waals surface area contributed by atoms with Gasteiger partial charge in [-0.3, -0.25) is 0 Å². The summed E-state index contributed by atoms with van der Waals surface area (Å²) in [6, 6.07) is 68.9. The van der Waals surface area contributed by atoms with Gasteiger partial charge in [0.05, 0.1) is 33.3 Å². The average Bonchev–Trinajstić information content (AvgIpc) is 3.96. The van der Waals surface area contributed by atoms with E-state index < -0.39 is 0 Å². The van der Waals surface area contributed by atoms with Crippen molar-refractivity contribution in [2.75, 3.05) is 0 Å². The van der Waals surface area contributed by atoms with E-state index in [1.165, 1.54) is 32.3 Å². The predicted octanol–water partition coefficient (Wildman–Crippen LogP) is 14.2. The monoisotopic (exact) mass is 752 g/mol. The molecule has 0 radical (unpaired) electrons. The Kier molecular flexibility index (Phi) is 6.66. The minimum Gasteiger partial charge on any atom is -0.456 e. The maximum absolute atomic E-state index is 6.49. The molecule has 4 aromatic heterocycles. The van der Waals surface area contributed by atoms with E-state index in [2.05, 4.69) is 185 Å². The van der Waals surface area contributed by atoms with Gasteiger partial charge in [-0.1, -0.05) is 127 Å². The fourth-order valence-corrected chi connectivity index (χ4v) is 9.49. The van der Waals surface area contributed by atoms with E-state index in [0.717, 1.165) is 83.1 Å². The lowest BCUT2D eigenvalue weighted by molar-refractivity contribution is 0.669. The molecule has 0 N–H and O–H groups in total. The van der Waals surface area contributed by atoms with Crippen LogP contribution in [0.25, 0.3) is 121 Å². The van der Waals surface area contributed by atoms with Crippen LogP contribution >= 0.6 is 0 Å². The summed E-state index contributed by atoms with van der Waals surface area (Å²) < 4.78 is 11.4. The van der Waals surface area contributed by atoms with Crippen molar-refractivity contribution in [2.45, 2.75) is 0 Å². The van der Waals surface area contributed by atoms with Gasteiger partial charge in [0, 0.05) is 60.2 Å². The molecular weight excluding hydrogens is 721 g/mol. The standard InChI is InChI=1S/C54H32N4O/c1-2-13-34(14-3-1)51-41-17-6-9-19-44(41)55-54(56-51)35-23-25-37(26-24-35)57-45-20-10-7-16-39(45)40-28-29-43-49-46(30-31-48-50(49)42-18-8-11-21-47(42)59-48)58(53(43)52(40)57)38-27-22-33-12-4-5-15-36(33)32-38/h1-32H. The van der Waals surface area contributed by atoms with Crippen LogP contribution in [0.15, 0.2) is 199 Å². The molecule has 0 aliphatic heterocycles. The molecule has 0 unspecified atom stereocenters. The molecular formula is C54H32N4O. The van der Waals surface area contributed by atoms with Crippen molar-refractivity contribution >= 4 is 87.2 Å². The Balaban J connectivity index is 1.11. The van der Waals surface area contributed by atoms with Crippen LogP contribution in [0.5, 0.6) is 0 Å². The first-order chi connectivity index (χ1) is 29.3. The molecule has 0 aliphatic carbocycles. The van der Waals surface area contributed by atoms with E-state index in [9.17, 15) is 0 Å². The third-order valence-electron chi connectivity index (χ3n) is 12.1. The SMILES string of the molecule is c1ccc(-c2nc(-c3ccc(-n4c5ccccc5c5ccc6c7c8c(ccc7n(-c7ccc9ccccc9c7)c6c54)oc4ccccc48)cc3)nc3ccccc23)cc1. The fourth-order valence-electron chi connectivity index (χ4n) is 9.49. The lowest BCUT2D eigenvalue weighted by Crippen LogP contribution is -1.99. The van der Waals surface area contributed by atoms with Gasteiger partial charge in [0.25, 0.3) is 0 Å². The van der Waals surface area contributed by atoms with Crippen LogP contribution < -0.4 is 0 Å². The number of fused-ring (bicyclic) bond motifs is 13. The molecule has 5 nitrogen and oxygen atoms in total. The van der Waals surface area contributed by atoms with Crippen LogP contribution in [0, 0.1) is 0 Å². The predicted molar refractivity (Wildman–Crippen MR) is 244 cm³/mol. The summed E-state index contributed by atoms with van der Waals surface area (Å²) >= 11 is 0. The van der Waals surface area contributed by atoms with Gasteiger partial charge in [-0.05, 0) is 77.5 Å². The van der Waals surface area contributed by atoms with Gasteiger partial charge < -0.3 is 13.6 Å². The van der Waals surface area contributed by atoms with Gasteiger partial charge in [0.2, 0.25) is 0 Å². The van der Waals surface area contributed by atoms with Gasteiger partial charge in [0.15, 0.2) is 5.82 Å². The zero-order valence-electron chi connectivity index (χ0n) is 31.7. The van der Waals surface area contributed by atoms with Crippen molar-refractivity contribution < 1.29 is 4.42 Å². The van der Waals surface area contributed by atoms with Crippen molar-refractivity contribution in [3.05, 3.63) is 194 Å². The maximum atomic E-state index is 6.49. The Morgan fingerprint density at radius 2 is 1.05 bits per heavy atom. The molecule has 0 bridgehead atoms. The fraction of sp³-hybridized carbons (Fsp3) is 0. The zero-order valence-corrected chi connectivity index (χ0v) is 31.7. The van der Waals surface area contributed by atoms with Crippen LogP contribution in [-0.2, 0) is 0 Å². The number of nitrogens with zero attached hydrogens (tertiary/aromatic N) is 4. The van der Waals surface area contributed by atoms with Gasteiger partial charge in [-0.15, -0.1) is 0 Å². The minimum atomic E-state index is 0.700. The largest absolute Gasteiger partial charge is 0.456 e. The third kappa shape index (κ3) is 4.67. The van der Waals surface area contributed by atoms with E-state index in [1.807, 2.05) is 18.2 Å². The van der Waals surface area contributed by atoms with E-state index in [0.29, 0.717) is 5.82 Å². The summed E-state index contributed by atoms with van der Waals surface area (Å²) in [5.41, 5.74) is 12.4. The number of hydrogen-bond donors (Lipinski definition) is 0. The van der Waals surface area contributed by atoms with Gasteiger partial charge in [-0.25, -0.2) is 9.97 Å². The average molecular weight is 753 g/mol. The Bertz CT molecular complexity index is 3830. The summed E-state index contributed by atoms with van der Waals surface area (Å²) in [5, 5.41) is 10.5. The van der Waals surface area contributed by atoms with Crippen molar-refractivity contribution in [1.29, 1.82) is 0 Å². The molecule has 5 heteroatoms. The second kappa shape index (κ2) is 12.2. The molecule has 0 atom stereocenters. The number of furan rings is 1. The molecule has 9 aromatic carbocycles. The van der Waals surface area contributed by atoms with Crippen molar-refractivity contribution in [1.82, 2.24) is 19.1 Å². The first-order valence-electron chi connectivity index (χ1n) is 20.0. The molecule has 4 heterocycles. The van der Waals surface area contributed by atoms with Gasteiger partial charge >= 0.3 is 0 Å². The van der Waals surface area contributed by atoms with E-state index >= 15 is 0 Å². The van der Waals surface area contributed by atoms with Crippen molar-refractivity contribution in [3.63, 3.8) is 0 Å².